The predicted octanol–water partition coefficient (Wildman–Crippen LogP) is 1.20. The van der Waals surface area contributed by atoms with Gasteiger partial charge in [0.05, 0.1) is 0 Å². The Bertz CT molecular complexity index is 513. The first-order valence-corrected chi connectivity index (χ1v) is 6.11. The van der Waals surface area contributed by atoms with Crippen LogP contribution in [-0.2, 0) is 0 Å². The zero-order valence-electron chi connectivity index (χ0n) is 9.98. The Labute approximate surface area is 100 Å². The fourth-order valence-electron chi connectivity index (χ4n) is 2.21. The number of hydrogen-bond acceptors (Lipinski definition) is 4. The van der Waals surface area contributed by atoms with Crippen molar-refractivity contribution >= 4 is 11.6 Å². The Morgan fingerprint density at radius 3 is 3.29 bits per heavy atom. The predicted molar refractivity (Wildman–Crippen MR) is 67.2 cm³/mol. The second-order valence-corrected chi connectivity index (χ2v) is 4.62. The molecule has 1 fully saturated rings. The standard InChI is InChI=1S/C12H17N5/c1-9-4-5-11-15-12(16-17(11)8-9)14-7-10-3-2-6-13-10/h4-5,8,10,13H,2-3,6-7H2,1H3,(H,14,16). The highest BCUT2D eigenvalue weighted by Gasteiger charge is 2.14. The normalized spacial score (nSPS) is 19.9. The van der Waals surface area contributed by atoms with Gasteiger partial charge in [-0.15, -0.1) is 5.10 Å². The number of hydrogen-bond donors (Lipinski definition) is 2. The summed E-state index contributed by atoms with van der Waals surface area (Å²) in [4.78, 5) is 4.43. The Kier molecular flexibility index (Phi) is 2.68. The first-order valence-electron chi connectivity index (χ1n) is 6.11. The zero-order chi connectivity index (χ0) is 11.7. The van der Waals surface area contributed by atoms with Gasteiger partial charge in [0.25, 0.3) is 0 Å². The molecule has 0 aromatic carbocycles. The van der Waals surface area contributed by atoms with E-state index in [1.54, 1.807) is 0 Å². The van der Waals surface area contributed by atoms with Crippen LogP contribution >= 0.6 is 0 Å². The Morgan fingerprint density at radius 1 is 1.53 bits per heavy atom. The summed E-state index contributed by atoms with van der Waals surface area (Å²) in [6.45, 7) is 4.08. The van der Waals surface area contributed by atoms with E-state index in [0.717, 1.165) is 18.7 Å². The lowest BCUT2D eigenvalue weighted by Gasteiger charge is -2.09. The van der Waals surface area contributed by atoms with Gasteiger partial charge in [-0.3, -0.25) is 0 Å². The van der Waals surface area contributed by atoms with E-state index in [1.165, 1.54) is 18.4 Å². The summed E-state index contributed by atoms with van der Waals surface area (Å²) in [7, 11) is 0. The lowest BCUT2D eigenvalue weighted by atomic mass is 10.2. The van der Waals surface area contributed by atoms with Crippen molar-refractivity contribution in [1.82, 2.24) is 19.9 Å². The Balaban J connectivity index is 1.72. The van der Waals surface area contributed by atoms with Crippen LogP contribution in [0.15, 0.2) is 18.3 Å². The summed E-state index contributed by atoms with van der Waals surface area (Å²) in [6.07, 6.45) is 4.49. The molecule has 2 N–H and O–H groups in total. The molecule has 17 heavy (non-hydrogen) atoms. The van der Waals surface area contributed by atoms with Crippen molar-refractivity contribution in [2.45, 2.75) is 25.8 Å². The Hall–Kier alpha value is -1.62. The van der Waals surface area contributed by atoms with Gasteiger partial charge in [0, 0.05) is 18.8 Å². The maximum Gasteiger partial charge on any atom is 0.243 e. The van der Waals surface area contributed by atoms with Crippen molar-refractivity contribution in [3.8, 4) is 0 Å². The van der Waals surface area contributed by atoms with Crippen molar-refractivity contribution in [3.05, 3.63) is 23.9 Å². The van der Waals surface area contributed by atoms with Crippen LogP contribution in [0.3, 0.4) is 0 Å². The maximum atomic E-state index is 4.43. The summed E-state index contributed by atoms with van der Waals surface area (Å²) >= 11 is 0. The van der Waals surface area contributed by atoms with E-state index in [4.69, 9.17) is 0 Å². The number of anilines is 1. The number of aryl methyl sites for hydroxylation is 1. The highest BCUT2D eigenvalue weighted by molar-refractivity contribution is 5.44. The van der Waals surface area contributed by atoms with Crippen LogP contribution in [0.1, 0.15) is 18.4 Å². The first-order chi connectivity index (χ1) is 8.31. The van der Waals surface area contributed by atoms with Crippen LogP contribution in [0.5, 0.6) is 0 Å². The molecule has 0 saturated carbocycles. The number of nitrogens with one attached hydrogen (secondary N) is 2. The molecule has 0 spiro atoms. The van der Waals surface area contributed by atoms with Crippen molar-refractivity contribution in [3.63, 3.8) is 0 Å². The molecule has 0 aliphatic carbocycles. The van der Waals surface area contributed by atoms with E-state index in [2.05, 4.69) is 27.6 Å². The molecule has 0 amide bonds. The van der Waals surface area contributed by atoms with Crippen LogP contribution in [0, 0.1) is 6.92 Å². The van der Waals surface area contributed by atoms with E-state index in [-0.39, 0.29) is 0 Å². The van der Waals surface area contributed by atoms with Gasteiger partial charge in [-0.25, -0.2) is 4.52 Å². The SMILES string of the molecule is Cc1ccc2nc(NCC3CCCN3)nn2c1. The van der Waals surface area contributed by atoms with Gasteiger partial charge in [-0.2, -0.15) is 4.98 Å². The molecule has 0 radical (unpaired) electrons. The molecular formula is C12H17N5. The van der Waals surface area contributed by atoms with E-state index < -0.39 is 0 Å². The summed E-state index contributed by atoms with van der Waals surface area (Å²) in [5.41, 5.74) is 2.07. The minimum atomic E-state index is 0.559. The molecule has 0 bridgehead atoms. The molecule has 1 atom stereocenters. The van der Waals surface area contributed by atoms with Gasteiger partial charge in [0.15, 0.2) is 5.65 Å². The number of fused-ring (bicyclic) bond motifs is 1. The van der Waals surface area contributed by atoms with Crippen LogP contribution in [0.2, 0.25) is 0 Å². The molecule has 1 aliphatic rings. The minimum absolute atomic E-state index is 0.559. The molecule has 1 aliphatic heterocycles. The lowest BCUT2D eigenvalue weighted by Crippen LogP contribution is -2.29. The summed E-state index contributed by atoms with van der Waals surface area (Å²) in [6, 6.07) is 4.59. The third-order valence-corrected chi connectivity index (χ3v) is 3.15. The van der Waals surface area contributed by atoms with Gasteiger partial charge in [-0.1, -0.05) is 6.07 Å². The van der Waals surface area contributed by atoms with Gasteiger partial charge in [-0.05, 0) is 37.9 Å². The molecule has 2 aromatic heterocycles. The number of rotatable bonds is 3. The lowest BCUT2D eigenvalue weighted by molar-refractivity contribution is 0.631. The van der Waals surface area contributed by atoms with Crippen molar-refractivity contribution in [1.29, 1.82) is 0 Å². The van der Waals surface area contributed by atoms with Gasteiger partial charge in [0.2, 0.25) is 5.95 Å². The summed E-state index contributed by atoms with van der Waals surface area (Å²) < 4.78 is 1.82. The monoisotopic (exact) mass is 231 g/mol. The minimum Gasteiger partial charge on any atom is -0.351 e. The number of nitrogens with zero attached hydrogens (tertiary/aromatic N) is 3. The third kappa shape index (κ3) is 2.24. The highest BCUT2D eigenvalue weighted by atomic mass is 15.3. The highest BCUT2D eigenvalue weighted by Crippen LogP contribution is 2.09. The molecule has 2 aromatic rings. The molecule has 1 unspecified atom stereocenters. The van der Waals surface area contributed by atoms with Gasteiger partial charge < -0.3 is 10.6 Å². The van der Waals surface area contributed by atoms with Crippen molar-refractivity contribution < 1.29 is 0 Å². The molecule has 3 heterocycles. The van der Waals surface area contributed by atoms with Gasteiger partial charge >= 0.3 is 0 Å². The van der Waals surface area contributed by atoms with E-state index >= 15 is 0 Å². The number of aromatic nitrogens is 3. The first kappa shape index (κ1) is 10.5. The molecule has 5 heteroatoms. The second-order valence-electron chi connectivity index (χ2n) is 4.62. The molecule has 1 saturated heterocycles. The summed E-state index contributed by atoms with van der Waals surface area (Å²) in [5, 5.41) is 11.1. The van der Waals surface area contributed by atoms with E-state index in [1.807, 2.05) is 22.8 Å². The molecular weight excluding hydrogens is 214 g/mol. The van der Waals surface area contributed by atoms with Gasteiger partial charge in [0.1, 0.15) is 0 Å². The third-order valence-electron chi connectivity index (χ3n) is 3.15. The molecule has 90 valence electrons. The van der Waals surface area contributed by atoms with Crippen LogP contribution in [-0.4, -0.2) is 33.7 Å². The molecule has 5 nitrogen and oxygen atoms in total. The smallest absolute Gasteiger partial charge is 0.243 e. The average Bonchev–Trinajstić information content (AvgIpc) is 2.94. The van der Waals surface area contributed by atoms with Crippen LogP contribution < -0.4 is 10.6 Å². The average molecular weight is 231 g/mol. The topological polar surface area (TPSA) is 54.2 Å². The van der Waals surface area contributed by atoms with E-state index in [0.29, 0.717) is 12.0 Å². The van der Waals surface area contributed by atoms with Crippen LogP contribution in [0.4, 0.5) is 5.95 Å². The van der Waals surface area contributed by atoms with Crippen LogP contribution in [0.25, 0.3) is 5.65 Å². The molecule has 3 rings (SSSR count). The maximum absolute atomic E-state index is 4.43. The van der Waals surface area contributed by atoms with Crippen molar-refractivity contribution in [2.24, 2.45) is 0 Å². The fraction of sp³-hybridized carbons (Fsp3) is 0.500. The second kappa shape index (κ2) is 4.33. The zero-order valence-corrected chi connectivity index (χ0v) is 9.98. The van der Waals surface area contributed by atoms with E-state index in [9.17, 15) is 0 Å². The summed E-state index contributed by atoms with van der Waals surface area (Å²) in [5.74, 6) is 0.712. The van der Waals surface area contributed by atoms with Crippen molar-refractivity contribution in [2.75, 3.05) is 18.4 Å². The quantitative estimate of drug-likeness (QED) is 0.833. The Morgan fingerprint density at radius 2 is 2.47 bits per heavy atom. The number of pyridine rings is 1. The fourth-order valence-corrected chi connectivity index (χ4v) is 2.21. The largest absolute Gasteiger partial charge is 0.351 e.